The van der Waals surface area contributed by atoms with Gasteiger partial charge in [0.2, 0.25) is 0 Å². The molecular weight excluding hydrogens is 300 g/mol. The summed E-state index contributed by atoms with van der Waals surface area (Å²) in [4.78, 5) is 23.7. The van der Waals surface area contributed by atoms with Crippen LogP contribution in [-0.4, -0.2) is 17.9 Å². The highest BCUT2D eigenvalue weighted by atomic mass is 16.5. The largest absolute Gasteiger partial charge is 0.458 e. The maximum atomic E-state index is 12.4. The van der Waals surface area contributed by atoms with E-state index in [0.29, 0.717) is 23.5 Å². The zero-order valence-corrected chi connectivity index (χ0v) is 15.0. The summed E-state index contributed by atoms with van der Waals surface area (Å²) in [5.74, 6) is 2.09. The molecule has 0 aromatic rings. The van der Waals surface area contributed by atoms with Crippen molar-refractivity contribution in [1.82, 2.24) is 0 Å². The molecule has 3 heteroatoms. The first-order valence-electron chi connectivity index (χ1n) is 9.44. The predicted molar refractivity (Wildman–Crippen MR) is 92.2 cm³/mol. The van der Waals surface area contributed by atoms with E-state index in [4.69, 9.17) is 4.74 Å². The van der Waals surface area contributed by atoms with Gasteiger partial charge in [0.15, 0.2) is 0 Å². The number of fused-ring (bicyclic) bond motifs is 5. The highest BCUT2D eigenvalue weighted by molar-refractivity contribution is 5.87. The molecule has 0 radical (unpaired) electrons. The molecule has 2 saturated carbocycles. The number of Topliss-reactive ketones (excluding diaryl/α,β-unsaturated/α-hetero) is 1. The van der Waals surface area contributed by atoms with Crippen molar-refractivity contribution < 1.29 is 14.3 Å². The van der Waals surface area contributed by atoms with Crippen molar-refractivity contribution in [2.75, 3.05) is 0 Å². The van der Waals surface area contributed by atoms with Crippen molar-refractivity contribution in [3.05, 3.63) is 23.8 Å². The van der Waals surface area contributed by atoms with E-state index in [9.17, 15) is 9.59 Å². The molecule has 4 aliphatic rings. The maximum Gasteiger partial charge on any atom is 0.303 e. The first-order chi connectivity index (χ1) is 11.3. The summed E-state index contributed by atoms with van der Waals surface area (Å²) in [5, 5.41) is 0. The quantitative estimate of drug-likeness (QED) is 0.534. The number of carbonyl (C=O) groups excluding carboxylic acids is 2. The second-order valence-electron chi connectivity index (χ2n) is 8.75. The van der Waals surface area contributed by atoms with Crippen LogP contribution in [0.25, 0.3) is 0 Å². The zero-order chi connectivity index (χ0) is 17.1. The van der Waals surface area contributed by atoms with Crippen LogP contribution in [0.2, 0.25) is 0 Å². The molecule has 0 aromatic heterocycles. The Morgan fingerprint density at radius 2 is 2.04 bits per heavy atom. The van der Waals surface area contributed by atoms with Gasteiger partial charge in [0, 0.05) is 30.6 Å². The third-order valence-electron chi connectivity index (χ3n) is 7.64. The van der Waals surface area contributed by atoms with Crippen LogP contribution in [-0.2, 0) is 14.3 Å². The molecule has 3 nitrogen and oxygen atoms in total. The van der Waals surface area contributed by atoms with Crippen LogP contribution in [0.15, 0.2) is 23.8 Å². The summed E-state index contributed by atoms with van der Waals surface area (Å²) in [7, 11) is 0. The summed E-state index contributed by atoms with van der Waals surface area (Å²) in [6, 6.07) is 0. The standard InChI is InChI=1S/C21H28O3/c1-13(22)24-15-8-10-20(2)14(12-15)4-5-16-17-6-7-19(23)21(17,3)11-9-18(16)20/h4,8,10,15-18H,5-7,9,11-12H2,1-3H3/t15-,16-,17-,18-,20-,21-/m0/s1. The fraction of sp³-hybridized carbons (Fsp3) is 0.714. The Labute approximate surface area is 144 Å². The van der Waals surface area contributed by atoms with Crippen molar-refractivity contribution in [3.63, 3.8) is 0 Å². The second-order valence-corrected chi connectivity index (χ2v) is 8.75. The summed E-state index contributed by atoms with van der Waals surface area (Å²) in [5.41, 5.74) is 1.44. The van der Waals surface area contributed by atoms with Gasteiger partial charge in [-0.05, 0) is 49.5 Å². The molecule has 2 fully saturated rings. The number of hydrogen-bond donors (Lipinski definition) is 0. The molecule has 0 spiro atoms. The molecule has 0 saturated heterocycles. The van der Waals surface area contributed by atoms with Crippen LogP contribution < -0.4 is 0 Å². The molecule has 0 aliphatic heterocycles. The number of rotatable bonds is 1. The molecular formula is C21H28O3. The lowest BCUT2D eigenvalue weighted by Gasteiger charge is -2.55. The Balaban J connectivity index is 1.63. The SMILES string of the molecule is CC(=O)O[C@H]1C=C[C@@]2(C)C(=CC[C@@H]3[C@@H]2CC[C@]2(C)C(=O)CC[C@@H]32)C1. The van der Waals surface area contributed by atoms with Crippen molar-refractivity contribution in [3.8, 4) is 0 Å². The van der Waals surface area contributed by atoms with E-state index < -0.39 is 0 Å². The summed E-state index contributed by atoms with van der Waals surface area (Å²) in [6.45, 7) is 6.06. The molecule has 6 atom stereocenters. The van der Waals surface area contributed by atoms with Gasteiger partial charge < -0.3 is 4.74 Å². The third kappa shape index (κ3) is 2.16. The minimum Gasteiger partial charge on any atom is -0.458 e. The maximum absolute atomic E-state index is 12.4. The molecule has 0 N–H and O–H groups in total. The summed E-state index contributed by atoms with van der Waals surface area (Å²) < 4.78 is 5.41. The fourth-order valence-corrected chi connectivity index (χ4v) is 6.29. The van der Waals surface area contributed by atoms with Crippen molar-refractivity contribution in [2.24, 2.45) is 28.6 Å². The second kappa shape index (κ2) is 5.31. The van der Waals surface area contributed by atoms with E-state index in [1.54, 1.807) is 0 Å². The van der Waals surface area contributed by atoms with E-state index >= 15 is 0 Å². The van der Waals surface area contributed by atoms with Crippen LogP contribution in [0.3, 0.4) is 0 Å². The number of ketones is 1. The van der Waals surface area contributed by atoms with E-state index in [2.05, 4.69) is 32.1 Å². The van der Waals surface area contributed by atoms with Gasteiger partial charge in [-0.15, -0.1) is 0 Å². The molecule has 0 bridgehead atoms. The highest BCUT2D eigenvalue weighted by Gasteiger charge is 2.58. The number of esters is 1. The van der Waals surface area contributed by atoms with Gasteiger partial charge in [0.25, 0.3) is 0 Å². The third-order valence-corrected chi connectivity index (χ3v) is 7.64. The smallest absolute Gasteiger partial charge is 0.303 e. The van der Waals surface area contributed by atoms with Gasteiger partial charge >= 0.3 is 5.97 Å². The van der Waals surface area contributed by atoms with Crippen molar-refractivity contribution in [1.29, 1.82) is 0 Å². The lowest BCUT2D eigenvalue weighted by molar-refractivity contribution is -0.144. The number of ether oxygens (including phenoxy) is 1. The van der Waals surface area contributed by atoms with Crippen LogP contribution >= 0.6 is 0 Å². The van der Waals surface area contributed by atoms with E-state index in [-0.39, 0.29) is 22.9 Å². The predicted octanol–water partition coefficient (Wildman–Crippen LogP) is 4.23. The lowest BCUT2D eigenvalue weighted by atomic mass is 9.49. The number of hydrogen-bond acceptors (Lipinski definition) is 3. The van der Waals surface area contributed by atoms with Gasteiger partial charge in [-0.1, -0.05) is 31.6 Å². The molecule has 130 valence electrons. The first-order valence-corrected chi connectivity index (χ1v) is 9.44. The van der Waals surface area contributed by atoms with Gasteiger partial charge in [-0.25, -0.2) is 0 Å². The molecule has 0 aromatic carbocycles. The van der Waals surface area contributed by atoms with Gasteiger partial charge in [-0.2, -0.15) is 0 Å². The van der Waals surface area contributed by atoms with Gasteiger partial charge in [0.1, 0.15) is 11.9 Å². The normalized spacial score (nSPS) is 46.6. The van der Waals surface area contributed by atoms with Crippen LogP contribution in [0.1, 0.15) is 59.3 Å². The Hall–Kier alpha value is -1.38. The monoisotopic (exact) mass is 328 g/mol. The minimum atomic E-state index is -0.208. The van der Waals surface area contributed by atoms with Crippen molar-refractivity contribution in [2.45, 2.75) is 65.4 Å². The molecule has 4 aliphatic carbocycles. The fourth-order valence-electron chi connectivity index (χ4n) is 6.29. The summed E-state index contributed by atoms with van der Waals surface area (Å²) in [6.07, 6.45) is 12.6. The minimum absolute atomic E-state index is 0.0679. The molecule has 0 amide bonds. The average molecular weight is 328 g/mol. The van der Waals surface area contributed by atoms with Crippen LogP contribution in [0.5, 0.6) is 0 Å². The highest BCUT2D eigenvalue weighted by Crippen LogP contribution is 2.62. The topological polar surface area (TPSA) is 43.4 Å². The van der Waals surface area contributed by atoms with E-state index in [0.717, 1.165) is 38.5 Å². The molecule has 4 rings (SSSR count). The van der Waals surface area contributed by atoms with Crippen LogP contribution in [0.4, 0.5) is 0 Å². The Morgan fingerprint density at radius 1 is 1.25 bits per heavy atom. The lowest BCUT2D eigenvalue weighted by Crippen LogP contribution is -2.49. The van der Waals surface area contributed by atoms with Crippen LogP contribution in [0, 0.1) is 28.6 Å². The number of carbonyl (C=O) groups is 2. The Bertz CT molecular complexity index is 645. The van der Waals surface area contributed by atoms with E-state index in [1.165, 1.54) is 12.5 Å². The molecule has 0 heterocycles. The molecule has 0 unspecified atom stereocenters. The number of allylic oxidation sites excluding steroid dienone is 2. The van der Waals surface area contributed by atoms with Gasteiger partial charge in [-0.3, -0.25) is 9.59 Å². The Morgan fingerprint density at radius 3 is 2.79 bits per heavy atom. The Kier molecular flexibility index (Phi) is 3.56. The van der Waals surface area contributed by atoms with Gasteiger partial charge in [0.05, 0.1) is 0 Å². The molecule has 24 heavy (non-hydrogen) atoms. The summed E-state index contributed by atoms with van der Waals surface area (Å²) >= 11 is 0. The van der Waals surface area contributed by atoms with Crippen molar-refractivity contribution >= 4 is 11.8 Å². The van der Waals surface area contributed by atoms with E-state index in [1.807, 2.05) is 0 Å². The average Bonchev–Trinajstić information content (AvgIpc) is 2.83. The first kappa shape index (κ1) is 16.1. The zero-order valence-electron chi connectivity index (χ0n) is 15.0.